The van der Waals surface area contributed by atoms with E-state index in [0.29, 0.717) is 51.6 Å². The van der Waals surface area contributed by atoms with Gasteiger partial charge in [-0.3, -0.25) is 9.69 Å². The van der Waals surface area contributed by atoms with Gasteiger partial charge in [-0.25, -0.2) is 9.37 Å². The van der Waals surface area contributed by atoms with E-state index in [0.717, 1.165) is 28.7 Å². The summed E-state index contributed by atoms with van der Waals surface area (Å²) in [5, 5.41) is 0.853. The van der Waals surface area contributed by atoms with Crippen LogP contribution in [0.2, 0.25) is 0 Å². The fourth-order valence-electron chi connectivity index (χ4n) is 4.35. The second-order valence-corrected chi connectivity index (χ2v) is 8.24. The first-order valence-corrected chi connectivity index (χ1v) is 11.0. The largest absolute Gasteiger partial charge is 0.378 e. The Balaban J connectivity index is 1.41. The standard InChI is InChI=1S/C25H26FN3O3/c26-19-7-5-18(6-8-19)16-28-9-14-32-24(17-28)23-15-21(20-3-1-2-4-22(20)27-23)25(30)29-10-12-31-13-11-29/h1-8,15,24H,9-14,16-17H2/t24-/m1/s1. The molecule has 2 aliphatic heterocycles. The molecule has 3 aromatic rings. The molecule has 0 saturated carbocycles. The molecule has 0 bridgehead atoms. The van der Waals surface area contributed by atoms with Gasteiger partial charge in [-0.1, -0.05) is 30.3 Å². The zero-order chi connectivity index (χ0) is 21.9. The molecule has 1 amide bonds. The average Bonchev–Trinajstić information content (AvgIpc) is 2.85. The van der Waals surface area contributed by atoms with Crippen LogP contribution in [0.25, 0.3) is 10.9 Å². The number of rotatable bonds is 4. The molecule has 0 aliphatic carbocycles. The van der Waals surface area contributed by atoms with Gasteiger partial charge in [-0.05, 0) is 29.8 Å². The summed E-state index contributed by atoms with van der Waals surface area (Å²) in [4.78, 5) is 22.3. The molecule has 1 atom stereocenters. The maximum absolute atomic E-state index is 13.3. The van der Waals surface area contributed by atoms with E-state index in [-0.39, 0.29) is 17.8 Å². The van der Waals surface area contributed by atoms with E-state index in [2.05, 4.69) is 4.90 Å². The number of pyridine rings is 1. The van der Waals surface area contributed by atoms with Crippen LogP contribution in [-0.2, 0) is 16.0 Å². The van der Waals surface area contributed by atoms with E-state index in [1.165, 1.54) is 12.1 Å². The summed E-state index contributed by atoms with van der Waals surface area (Å²) in [6.45, 7) is 5.05. The lowest BCUT2D eigenvalue weighted by Gasteiger charge is -2.33. The van der Waals surface area contributed by atoms with Crippen LogP contribution in [0.3, 0.4) is 0 Å². The molecule has 5 rings (SSSR count). The number of morpholine rings is 2. The molecule has 0 spiro atoms. The Kier molecular flexibility index (Phi) is 6.12. The van der Waals surface area contributed by atoms with Crippen molar-refractivity contribution in [3.8, 4) is 0 Å². The fourth-order valence-corrected chi connectivity index (χ4v) is 4.35. The number of nitrogens with zero attached hydrogens (tertiary/aromatic N) is 3. The summed E-state index contributed by atoms with van der Waals surface area (Å²) in [5.41, 5.74) is 3.28. The lowest BCUT2D eigenvalue weighted by atomic mass is 10.0. The molecule has 2 saturated heterocycles. The molecular weight excluding hydrogens is 409 g/mol. The maximum Gasteiger partial charge on any atom is 0.254 e. The molecule has 3 heterocycles. The Morgan fingerprint density at radius 1 is 1.03 bits per heavy atom. The number of carbonyl (C=O) groups is 1. The molecule has 2 fully saturated rings. The number of aromatic nitrogens is 1. The van der Waals surface area contributed by atoms with Crippen LogP contribution in [0.15, 0.2) is 54.6 Å². The van der Waals surface area contributed by atoms with Crippen LogP contribution in [-0.4, -0.2) is 66.7 Å². The van der Waals surface area contributed by atoms with E-state index in [4.69, 9.17) is 14.5 Å². The molecular formula is C25H26FN3O3. The Hall–Kier alpha value is -2.87. The second-order valence-electron chi connectivity index (χ2n) is 8.24. The van der Waals surface area contributed by atoms with E-state index in [1.807, 2.05) is 47.4 Å². The van der Waals surface area contributed by atoms with Gasteiger partial charge in [0.2, 0.25) is 0 Å². The van der Waals surface area contributed by atoms with Crippen LogP contribution >= 0.6 is 0 Å². The lowest BCUT2D eigenvalue weighted by Crippen LogP contribution is -2.41. The molecule has 2 aliphatic rings. The van der Waals surface area contributed by atoms with Gasteiger partial charge in [-0.15, -0.1) is 0 Å². The van der Waals surface area contributed by atoms with Gasteiger partial charge in [0.1, 0.15) is 11.9 Å². The Morgan fingerprint density at radius 3 is 2.62 bits per heavy atom. The molecule has 7 heteroatoms. The zero-order valence-corrected chi connectivity index (χ0v) is 17.9. The van der Waals surface area contributed by atoms with Crippen molar-refractivity contribution in [2.24, 2.45) is 0 Å². The zero-order valence-electron chi connectivity index (χ0n) is 17.9. The number of ether oxygens (including phenoxy) is 2. The third-order valence-corrected chi connectivity index (χ3v) is 6.06. The smallest absolute Gasteiger partial charge is 0.254 e. The van der Waals surface area contributed by atoms with E-state index in [1.54, 1.807) is 0 Å². The highest BCUT2D eigenvalue weighted by atomic mass is 19.1. The van der Waals surface area contributed by atoms with E-state index in [9.17, 15) is 9.18 Å². The van der Waals surface area contributed by atoms with Gasteiger partial charge in [0.25, 0.3) is 5.91 Å². The number of halogens is 1. The van der Waals surface area contributed by atoms with Gasteiger partial charge >= 0.3 is 0 Å². The first-order valence-electron chi connectivity index (χ1n) is 11.0. The van der Waals surface area contributed by atoms with E-state index >= 15 is 0 Å². The minimum absolute atomic E-state index is 0.00660. The molecule has 32 heavy (non-hydrogen) atoms. The van der Waals surface area contributed by atoms with Crippen LogP contribution < -0.4 is 0 Å². The van der Waals surface area contributed by atoms with Crippen molar-refractivity contribution >= 4 is 16.8 Å². The third kappa shape index (κ3) is 4.50. The Labute approximate surface area is 186 Å². The molecule has 0 unspecified atom stereocenters. The third-order valence-electron chi connectivity index (χ3n) is 6.06. The minimum Gasteiger partial charge on any atom is -0.378 e. The van der Waals surface area contributed by atoms with Crippen molar-refractivity contribution in [2.45, 2.75) is 12.6 Å². The number of hydrogen-bond donors (Lipinski definition) is 0. The Morgan fingerprint density at radius 2 is 1.81 bits per heavy atom. The summed E-state index contributed by atoms with van der Waals surface area (Å²) < 4.78 is 24.7. The summed E-state index contributed by atoms with van der Waals surface area (Å²) >= 11 is 0. The molecule has 1 aromatic heterocycles. The summed E-state index contributed by atoms with van der Waals surface area (Å²) in [7, 11) is 0. The highest BCUT2D eigenvalue weighted by molar-refractivity contribution is 6.06. The SMILES string of the molecule is O=C(c1cc([C@H]2CN(Cc3ccc(F)cc3)CCO2)nc2ccccc12)N1CCOCC1. The van der Waals surface area contributed by atoms with Crippen molar-refractivity contribution < 1.29 is 18.7 Å². The second kappa shape index (κ2) is 9.32. The number of fused-ring (bicyclic) bond motifs is 1. The quantitative estimate of drug-likeness (QED) is 0.629. The number of benzene rings is 2. The predicted molar refractivity (Wildman–Crippen MR) is 119 cm³/mol. The van der Waals surface area contributed by atoms with Crippen molar-refractivity contribution in [3.63, 3.8) is 0 Å². The van der Waals surface area contributed by atoms with Crippen molar-refractivity contribution in [2.75, 3.05) is 46.0 Å². The van der Waals surface area contributed by atoms with Gasteiger partial charge in [0.05, 0.1) is 36.6 Å². The first-order chi connectivity index (χ1) is 15.7. The molecule has 166 valence electrons. The normalized spacial score (nSPS) is 19.9. The van der Waals surface area contributed by atoms with Gasteiger partial charge < -0.3 is 14.4 Å². The summed E-state index contributed by atoms with van der Waals surface area (Å²) in [6, 6.07) is 16.2. The van der Waals surface area contributed by atoms with Crippen molar-refractivity contribution in [1.82, 2.24) is 14.8 Å². The van der Waals surface area contributed by atoms with Gasteiger partial charge in [-0.2, -0.15) is 0 Å². The first kappa shape index (κ1) is 21.0. The number of amides is 1. The molecule has 2 aromatic carbocycles. The van der Waals surface area contributed by atoms with Crippen LogP contribution in [0, 0.1) is 5.82 Å². The lowest BCUT2D eigenvalue weighted by molar-refractivity contribution is -0.0348. The van der Waals surface area contributed by atoms with Crippen molar-refractivity contribution in [3.05, 3.63) is 77.2 Å². The van der Waals surface area contributed by atoms with Gasteiger partial charge in [0.15, 0.2) is 0 Å². The van der Waals surface area contributed by atoms with E-state index < -0.39 is 0 Å². The topological polar surface area (TPSA) is 54.9 Å². The summed E-state index contributed by atoms with van der Waals surface area (Å²) in [5.74, 6) is -0.224. The highest BCUT2D eigenvalue weighted by Crippen LogP contribution is 2.27. The minimum atomic E-state index is -0.231. The molecule has 0 N–H and O–H groups in total. The van der Waals surface area contributed by atoms with Crippen LogP contribution in [0.1, 0.15) is 27.7 Å². The monoisotopic (exact) mass is 435 g/mol. The number of carbonyl (C=O) groups excluding carboxylic acids is 1. The van der Waals surface area contributed by atoms with Crippen molar-refractivity contribution in [1.29, 1.82) is 0 Å². The van der Waals surface area contributed by atoms with Gasteiger partial charge in [0, 0.05) is 38.1 Å². The van der Waals surface area contributed by atoms with Crippen LogP contribution in [0.5, 0.6) is 0 Å². The fraction of sp³-hybridized carbons (Fsp3) is 0.360. The highest BCUT2D eigenvalue weighted by Gasteiger charge is 2.27. The van der Waals surface area contributed by atoms with Crippen LogP contribution in [0.4, 0.5) is 4.39 Å². The average molecular weight is 435 g/mol. The number of hydrogen-bond acceptors (Lipinski definition) is 5. The Bertz CT molecular complexity index is 1100. The molecule has 0 radical (unpaired) electrons. The predicted octanol–water partition coefficient (Wildman–Crippen LogP) is 3.42. The molecule has 6 nitrogen and oxygen atoms in total. The number of para-hydroxylation sites is 1. The maximum atomic E-state index is 13.3. The summed E-state index contributed by atoms with van der Waals surface area (Å²) in [6.07, 6.45) is -0.231.